The molecule has 1 aliphatic rings. The Balaban J connectivity index is 1.52. The van der Waals surface area contributed by atoms with E-state index < -0.39 is 0 Å². The fourth-order valence-corrected chi connectivity index (χ4v) is 4.91. The second-order valence-corrected chi connectivity index (χ2v) is 9.38. The van der Waals surface area contributed by atoms with Crippen LogP contribution in [-0.2, 0) is 4.79 Å². The number of carbonyl (C=O) groups excluding carboxylic acids is 1. The quantitative estimate of drug-likeness (QED) is 0.327. The lowest BCUT2D eigenvalue weighted by Gasteiger charge is -2.18. The van der Waals surface area contributed by atoms with E-state index in [9.17, 15) is 9.59 Å². The molecule has 9 heteroatoms. The molecule has 5 rings (SSSR count). The minimum Gasteiger partial charge on any atom is -0.454 e. The third-order valence-corrected chi connectivity index (χ3v) is 6.88. The van der Waals surface area contributed by atoms with Crippen LogP contribution in [0.2, 0.25) is 0 Å². The van der Waals surface area contributed by atoms with Crippen LogP contribution in [0, 0.1) is 27.7 Å². The maximum atomic E-state index is 13.0. The predicted octanol–water partition coefficient (Wildman–Crippen LogP) is 4.47. The van der Waals surface area contributed by atoms with Crippen molar-refractivity contribution in [1.82, 2.24) is 14.5 Å². The van der Waals surface area contributed by atoms with Crippen LogP contribution in [0.5, 0.6) is 11.5 Å². The molecule has 2 aromatic heterocycles. The van der Waals surface area contributed by atoms with E-state index in [4.69, 9.17) is 14.5 Å². The van der Waals surface area contributed by atoms with Crippen molar-refractivity contribution in [2.75, 3.05) is 17.9 Å². The van der Waals surface area contributed by atoms with Crippen LogP contribution in [-0.4, -0.2) is 33.0 Å². The average molecular weight is 489 g/mol. The molecule has 35 heavy (non-hydrogen) atoms. The third-order valence-electron chi connectivity index (χ3n) is 5.95. The van der Waals surface area contributed by atoms with E-state index in [1.807, 2.05) is 56.5 Å². The third kappa shape index (κ3) is 4.35. The number of benzene rings is 2. The first-order chi connectivity index (χ1) is 16.8. The van der Waals surface area contributed by atoms with Crippen LogP contribution in [0.15, 0.2) is 52.4 Å². The van der Waals surface area contributed by atoms with Gasteiger partial charge in [0, 0.05) is 17.4 Å². The fourth-order valence-electron chi connectivity index (χ4n) is 4.12. The van der Waals surface area contributed by atoms with Gasteiger partial charge in [-0.05, 0) is 68.7 Å². The van der Waals surface area contributed by atoms with Crippen molar-refractivity contribution in [3.05, 3.63) is 75.2 Å². The number of aryl methyl sites for hydroxylation is 3. The number of ether oxygens (including phenoxy) is 2. The molecule has 0 atom stereocenters. The molecular weight excluding hydrogens is 464 g/mol. The number of fused-ring (bicyclic) bond motifs is 2. The summed E-state index contributed by atoms with van der Waals surface area (Å²) in [5.74, 6) is 1.06. The van der Waals surface area contributed by atoms with Gasteiger partial charge >= 0.3 is 0 Å². The smallest absolute Gasteiger partial charge is 0.283 e. The van der Waals surface area contributed by atoms with E-state index in [0.717, 1.165) is 28.1 Å². The van der Waals surface area contributed by atoms with E-state index in [2.05, 4.69) is 10.3 Å². The summed E-state index contributed by atoms with van der Waals surface area (Å²) in [6.07, 6.45) is 0. The van der Waals surface area contributed by atoms with Gasteiger partial charge in [-0.2, -0.15) is 4.98 Å². The van der Waals surface area contributed by atoms with Gasteiger partial charge in [-0.25, -0.2) is 4.98 Å². The highest BCUT2D eigenvalue weighted by Gasteiger charge is 2.20. The highest BCUT2D eigenvalue weighted by molar-refractivity contribution is 7.99. The van der Waals surface area contributed by atoms with Gasteiger partial charge in [-0.15, -0.1) is 0 Å². The first kappa shape index (κ1) is 22.9. The molecule has 0 aliphatic carbocycles. The number of carbonyl (C=O) groups is 1. The van der Waals surface area contributed by atoms with E-state index >= 15 is 0 Å². The average Bonchev–Trinajstić information content (AvgIpc) is 3.27. The summed E-state index contributed by atoms with van der Waals surface area (Å²) in [6.45, 7) is 8.01. The second-order valence-electron chi connectivity index (χ2n) is 8.44. The number of aromatic nitrogens is 3. The maximum Gasteiger partial charge on any atom is 0.283 e. The Morgan fingerprint density at radius 3 is 2.66 bits per heavy atom. The van der Waals surface area contributed by atoms with Gasteiger partial charge in [0.05, 0.1) is 16.8 Å². The lowest BCUT2D eigenvalue weighted by atomic mass is 10.1. The van der Waals surface area contributed by atoms with Gasteiger partial charge in [-0.1, -0.05) is 23.9 Å². The van der Waals surface area contributed by atoms with Crippen LogP contribution in [0.3, 0.4) is 0 Å². The molecule has 0 bridgehead atoms. The van der Waals surface area contributed by atoms with Crippen LogP contribution < -0.4 is 20.3 Å². The second kappa shape index (κ2) is 9.07. The van der Waals surface area contributed by atoms with E-state index in [1.54, 1.807) is 18.2 Å². The molecule has 0 saturated heterocycles. The van der Waals surface area contributed by atoms with Gasteiger partial charge in [0.2, 0.25) is 12.7 Å². The largest absolute Gasteiger partial charge is 0.454 e. The van der Waals surface area contributed by atoms with Gasteiger partial charge in [0.1, 0.15) is 0 Å². The number of nitrogens with zero attached hydrogens (tertiary/aromatic N) is 3. The molecule has 0 fully saturated rings. The topological polar surface area (TPSA) is 95.3 Å². The van der Waals surface area contributed by atoms with Crippen LogP contribution in [0.4, 0.5) is 5.69 Å². The molecule has 0 spiro atoms. The van der Waals surface area contributed by atoms with Gasteiger partial charge < -0.3 is 14.8 Å². The molecule has 0 unspecified atom stereocenters. The molecule has 178 valence electrons. The first-order valence-corrected chi connectivity index (χ1v) is 12.1. The summed E-state index contributed by atoms with van der Waals surface area (Å²) < 4.78 is 12.6. The number of pyridine rings is 1. The summed E-state index contributed by atoms with van der Waals surface area (Å²) in [7, 11) is 0. The molecule has 1 aliphatic heterocycles. The van der Waals surface area contributed by atoms with Crippen molar-refractivity contribution in [1.29, 1.82) is 0 Å². The van der Waals surface area contributed by atoms with Crippen LogP contribution in [0.25, 0.3) is 16.7 Å². The minimum absolute atomic E-state index is 0.0576. The number of thioether (sulfide) groups is 1. The number of anilines is 1. The normalized spacial score (nSPS) is 12.2. The SMILES string of the molecule is Cc1cc(C)c2c(=O)nc(SCC(=O)Nc3ccc4c(c3)OCO4)n(-c3cccc(C)c3C)c2n1. The summed E-state index contributed by atoms with van der Waals surface area (Å²) in [4.78, 5) is 34.9. The van der Waals surface area contributed by atoms with E-state index in [1.165, 1.54) is 11.8 Å². The number of hydrogen-bond donors (Lipinski definition) is 1. The zero-order valence-electron chi connectivity index (χ0n) is 19.8. The lowest BCUT2D eigenvalue weighted by molar-refractivity contribution is -0.113. The Kier molecular flexibility index (Phi) is 5.94. The molecule has 8 nitrogen and oxygen atoms in total. The summed E-state index contributed by atoms with van der Waals surface area (Å²) in [5.41, 5.74) is 5.43. The van der Waals surface area contributed by atoms with Crippen LogP contribution >= 0.6 is 11.8 Å². The van der Waals surface area contributed by atoms with Gasteiger partial charge in [-0.3, -0.25) is 14.2 Å². The molecule has 4 aromatic rings. The van der Waals surface area contributed by atoms with E-state index in [0.29, 0.717) is 33.4 Å². The zero-order chi connectivity index (χ0) is 24.7. The summed E-state index contributed by atoms with van der Waals surface area (Å²) in [5, 5.41) is 3.75. The van der Waals surface area contributed by atoms with Crippen molar-refractivity contribution in [2.45, 2.75) is 32.9 Å². The molecule has 3 heterocycles. The van der Waals surface area contributed by atoms with Crippen molar-refractivity contribution in [3.63, 3.8) is 0 Å². The highest BCUT2D eigenvalue weighted by Crippen LogP contribution is 2.34. The molecule has 0 radical (unpaired) electrons. The standard InChI is InChI=1S/C26H24N4O4S/c1-14-6-5-7-19(17(14)4)30-24-23(15(2)10-16(3)27-24)25(32)29-26(30)35-12-22(31)28-18-8-9-20-21(11-18)34-13-33-20/h5-11H,12-13H2,1-4H3,(H,28,31). The number of rotatable bonds is 5. The van der Waals surface area contributed by atoms with Gasteiger partial charge in [0.25, 0.3) is 5.56 Å². The minimum atomic E-state index is -0.356. The molecule has 2 aromatic carbocycles. The molecule has 1 N–H and O–H groups in total. The Hall–Kier alpha value is -3.85. The Bertz CT molecular complexity index is 1550. The lowest BCUT2D eigenvalue weighted by Crippen LogP contribution is -2.20. The molecular formula is C26H24N4O4S. The molecule has 1 amide bonds. The zero-order valence-corrected chi connectivity index (χ0v) is 20.7. The molecule has 0 saturated carbocycles. The Morgan fingerprint density at radius 1 is 1.03 bits per heavy atom. The van der Waals surface area contributed by atoms with Crippen molar-refractivity contribution in [2.24, 2.45) is 0 Å². The predicted molar refractivity (Wildman–Crippen MR) is 136 cm³/mol. The van der Waals surface area contributed by atoms with Crippen molar-refractivity contribution >= 4 is 34.4 Å². The maximum absolute atomic E-state index is 13.0. The number of nitrogens with one attached hydrogen (secondary N) is 1. The first-order valence-electron chi connectivity index (χ1n) is 11.1. The number of amides is 1. The van der Waals surface area contributed by atoms with E-state index in [-0.39, 0.29) is 24.0 Å². The highest BCUT2D eigenvalue weighted by atomic mass is 32.2. The Morgan fingerprint density at radius 2 is 1.83 bits per heavy atom. The van der Waals surface area contributed by atoms with Crippen LogP contribution in [0.1, 0.15) is 22.4 Å². The van der Waals surface area contributed by atoms with Gasteiger partial charge in [0.15, 0.2) is 22.3 Å². The fraction of sp³-hybridized carbons (Fsp3) is 0.231. The van der Waals surface area contributed by atoms with Crippen molar-refractivity contribution < 1.29 is 14.3 Å². The van der Waals surface area contributed by atoms with Crippen molar-refractivity contribution in [3.8, 4) is 17.2 Å². The number of hydrogen-bond acceptors (Lipinski definition) is 7. The summed E-state index contributed by atoms with van der Waals surface area (Å²) >= 11 is 1.19. The monoisotopic (exact) mass is 488 g/mol. The Labute approximate surface area is 206 Å². The summed E-state index contributed by atoms with van der Waals surface area (Å²) in [6, 6.07) is 13.1.